The molecule has 0 bridgehead atoms. The van der Waals surface area contributed by atoms with Crippen LogP contribution in [0, 0.1) is 32.1 Å². The van der Waals surface area contributed by atoms with E-state index in [-0.39, 0.29) is 34.7 Å². The first-order chi connectivity index (χ1) is 18.2. The van der Waals surface area contributed by atoms with E-state index in [0.717, 1.165) is 51.9 Å². The quantitative estimate of drug-likeness (QED) is 0.205. The highest BCUT2D eigenvalue weighted by molar-refractivity contribution is 5.69. The summed E-state index contributed by atoms with van der Waals surface area (Å²) in [6, 6.07) is 8.36. The molecule has 2 atom stereocenters. The molecule has 0 spiro atoms. The van der Waals surface area contributed by atoms with Crippen molar-refractivity contribution in [2.75, 3.05) is 40.3 Å². The van der Waals surface area contributed by atoms with Crippen molar-refractivity contribution in [3.63, 3.8) is 0 Å². The summed E-state index contributed by atoms with van der Waals surface area (Å²) in [5, 5.41) is 22.8. The van der Waals surface area contributed by atoms with Gasteiger partial charge >= 0.3 is 6.16 Å². The van der Waals surface area contributed by atoms with Gasteiger partial charge in [0.15, 0.2) is 0 Å². The van der Waals surface area contributed by atoms with Crippen molar-refractivity contribution in [2.45, 2.75) is 38.5 Å². The lowest BCUT2D eigenvalue weighted by Gasteiger charge is -2.30. The first-order valence-corrected chi connectivity index (χ1v) is 13.0. The molecule has 2 aromatic rings. The Morgan fingerprint density at radius 2 is 1.24 bits per heavy atom. The Hall–Kier alpha value is -3.57. The summed E-state index contributed by atoms with van der Waals surface area (Å²) < 4.78 is 11.1. The average Bonchev–Trinajstić information content (AvgIpc) is 2.86. The van der Waals surface area contributed by atoms with Crippen molar-refractivity contribution < 1.29 is 24.1 Å². The molecule has 0 radical (unpaired) electrons. The molecule has 2 aliphatic rings. The van der Waals surface area contributed by atoms with Crippen LogP contribution in [0.2, 0.25) is 0 Å². The molecule has 0 aromatic heterocycles. The third-order valence-corrected chi connectivity index (χ3v) is 7.36. The van der Waals surface area contributed by atoms with Gasteiger partial charge in [0.2, 0.25) is 0 Å². The van der Waals surface area contributed by atoms with E-state index in [1.807, 2.05) is 14.1 Å². The number of piperidine rings is 2. The van der Waals surface area contributed by atoms with Gasteiger partial charge in [-0.3, -0.25) is 20.2 Å². The molecule has 38 heavy (non-hydrogen) atoms. The fraction of sp³-hybridized carbons (Fsp3) is 0.519. The highest BCUT2D eigenvalue weighted by Gasteiger charge is 2.25. The van der Waals surface area contributed by atoms with Crippen LogP contribution in [-0.2, 0) is 12.8 Å². The van der Waals surface area contributed by atoms with E-state index in [0.29, 0.717) is 24.0 Å². The average molecular weight is 527 g/mol. The molecule has 2 heterocycles. The number of hydrogen-bond acceptors (Lipinski definition) is 9. The standard InChI is InChI=1S/C27H34N4O7/c1-28-11-3-5-19(17-28)13-21-15-23(30(33)34)7-9-25(21)37-27(32)38-26-10-8-24(31(35)36)16-22(26)14-20-6-4-12-29(2)18-20/h7-10,15-16,19-20H,3-6,11-14,17-18H2,1-2H3. The number of nitro benzene ring substituents is 2. The largest absolute Gasteiger partial charge is 0.519 e. The van der Waals surface area contributed by atoms with Gasteiger partial charge in [-0.15, -0.1) is 0 Å². The maximum atomic E-state index is 12.9. The minimum Gasteiger partial charge on any atom is -0.394 e. The number of benzene rings is 2. The van der Waals surface area contributed by atoms with Crippen molar-refractivity contribution in [1.82, 2.24) is 9.80 Å². The summed E-state index contributed by atoms with van der Waals surface area (Å²) in [6.45, 7) is 3.73. The number of carbonyl (C=O) groups excluding carboxylic acids is 1. The molecule has 2 aliphatic heterocycles. The zero-order chi connectivity index (χ0) is 27.2. The molecule has 0 aliphatic carbocycles. The Kier molecular flexibility index (Phi) is 8.90. The second kappa shape index (κ2) is 12.3. The topological polar surface area (TPSA) is 128 Å². The van der Waals surface area contributed by atoms with E-state index < -0.39 is 16.0 Å². The van der Waals surface area contributed by atoms with Crippen molar-refractivity contribution in [3.05, 3.63) is 67.8 Å². The summed E-state index contributed by atoms with van der Waals surface area (Å²) in [5.41, 5.74) is 1.01. The SMILES string of the molecule is CN1CCCC(Cc2cc([N+](=O)[O-])ccc2OC(=O)Oc2ccc([N+](=O)[O-])cc2CC2CCCN(C)C2)C1. The molecule has 11 heteroatoms. The van der Waals surface area contributed by atoms with E-state index in [2.05, 4.69) is 9.80 Å². The number of non-ortho nitro benzene ring substituents is 2. The number of ether oxygens (including phenoxy) is 2. The van der Waals surface area contributed by atoms with Crippen LogP contribution in [0.4, 0.5) is 16.2 Å². The lowest BCUT2D eigenvalue weighted by Crippen LogP contribution is -2.33. The zero-order valence-corrected chi connectivity index (χ0v) is 21.8. The first kappa shape index (κ1) is 27.5. The van der Waals surface area contributed by atoms with Crippen LogP contribution in [0.1, 0.15) is 36.8 Å². The van der Waals surface area contributed by atoms with Gasteiger partial charge in [0.1, 0.15) is 11.5 Å². The summed E-state index contributed by atoms with van der Waals surface area (Å²) in [4.78, 5) is 39.2. The van der Waals surface area contributed by atoms with Gasteiger partial charge in [0.05, 0.1) is 9.85 Å². The van der Waals surface area contributed by atoms with Gasteiger partial charge in [-0.05, 0) is 89.7 Å². The number of nitrogens with zero attached hydrogens (tertiary/aromatic N) is 4. The van der Waals surface area contributed by atoms with Crippen LogP contribution in [0.5, 0.6) is 11.5 Å². The molecular weight excluding hydrogens is 492 g/mol. The summed E-state index contributed by atoms with van der Waals surface area (Å²) in [7, 11) is 4.09. The van der Waals surface area contributed by atoms with E-state index in [4.69, 9.17) is 9.47 Å². The van der Waals surface area contributed by atoms with Crippen LogP contribution in [-0.4, -0.2) is 66.1 Å². The van der Waals surface area contributed by atoms with Crippen LogP contribution in [0.3, 0.4) is 0 Å². The van der Waals surface area contributed by atoms with Gasteiger partial charge in [-0.2, -0.15) is 0 Å². The number of hydrogen-bond donors (Lipinski definition) is 0. The number of rotatable bonds is 8. The molecule has 2 unspecified atom stereocenters. The molecule has 2 saturated heterocycles. The minimum absolute atomic E-state index is 0.0695. The fourth-order valence-corrected chi connectivity index (χ4v) is 5.58. The van der Waals surface area contributed by atoms with Crippen molar-refractivity contribution in [1.29, 1.82) is 0 Å². The highest BCUT2D eigenvalue weighted by Crippen LogP contribution is 2.32. The molecule has 0 amide bonds. The van der Waals surface area contributed by atoms with Crippen LogP contribution in [0.25, 0.3) is 0 Å². The van der Waals surface area contributed by atoms with Gasteiger partial charge in [-0.25, -0.2) is 4.79 Å². The van der Waals surface area contributed by atoms with Gasteiger partial charge < -0.3 is 19.3 Å². The monoisotopic (exact) mass is 526 g/mol. The number of carbonyl (C=O) groups is 1. The molecule has 4 rings (SSSR count). The highest BCUT2D eigenvalue weighted by atomic mass is 16.7. The Morgan fingerprint density at radius 1 is 0.816 bits per heavy atom. The normalized spacial score (nSPS) is 20.6. The zero-order valence-electron chi connectivity index (χ0n) is 21.8. The summed E-state index contributed by atoms with van der Waals surface area (Å²) in [6.07, 6.45) is 4.12. The molecule has 0 saturated carbocycles. The maximum absolute atomic E-state index is 12.9. The van der Waals surface area contributed by atoms with Crippen molar-refractivity contribution >= 4 is 17.5 Å². The lowest BCUT2D eigenvalue weighted by atomic mass is 9.91. The third kappa shape index (κ3) is 7.26. The van der Waals surface area contributed by atoms with Crippen LogP contribution < -0.4 is 9.47 Å². The molecule has 204 valence electrons. The first-order valence-electron chi connectivity index (χ1n) is 13.0. The molecule has 2 fully saturated rings. The Bertz CT molecular complexity index is 1100. The van der Waals surface area contributed by atoms with Gasteiger partial charge in [-0.1, -0.05) is 0 Å². The Morgan fingerprint density at radius 3 is 1.61 bits per heavy atom. The second-order valence-electron chi connectivity index (χ2n) is 10.5. The predicted octanol–water partition coefficient (Wildman–Crippen LogP) is 4.85. The molecular formula is C27H34N4O7. The predicted molar refractivity (Wildman–Crippen MR) is 141 cm³/mol. The fourth-order valence-electron chi connectivity index (χ4n) is 5.58. The molecule has 0 N–H and O–H groups in total. The number of likely N-dealkylation sites (tertiary alicyclic amines) is 2. The second-order valence-corrected chi connectivity index (χ2v) is 10.5. The summed E-state index contributed by atoms with van der Waals surface area (Å²) >= 11 is 0. The van der Waals surface area contributed by atoms with Crippen LogP contribution in [0.15, 0.2) is 36.4 Å². The van der Waals surface area contributed by atoms with Gasteiger partial charge in [0.25, 0.3) is 11.4 Å². The van der Waals surface area contributed by atoms with Gasteiger partial charge in [0, 0.05) is 48.5 Å². The third-order valence-electron chi connectivity index (χ3n) is 7.36. The lowest BCUT2D eigenvalue weighted by molar-refractivity contribution is -0.385. The molecule has 11 nitrogen and oxygen atoms in total. The van der Waals surface area contributed by atoms with Crippen LogP contribution >= 0.6 is 0 Å². The van der Waals surface area contributed by atoms with E-state index in [1.54, 1.807) is 0 Å². The Balaban J connectivity index is 1.52. The van der Waals surface area contributed by atoms with E-state index >= 15 is 0 Å². The van der Waals surface area contributed by atoms with E-state index in [1.165, 1.54) is 36.4 Å². The number of nitro groups is 2. The molecule has 2 aromatic carbocycles. The maximum Gasteiger partial charge on any atom is 0.519 e. The Labute approximate surface area is 221 Å². The minimum atomic E-state index is -0.989. The van der Waals surface area contributed by atoms with E-state index in [9.17, 15) is 25.0 Å². The summed E-state index contributed by atoms with van der Waals surface area (Å²) in [5.74, 6) is 0.991. The van der Waals surface area contributed by atoms with Crippen molar-refractivity contribution in [2.24, 2.45) is 11.8 Å². The smallest absolute Gasteiger partial charge is 0.394 e. The van der Waals surface area contributed by atoms with Crippen molar-refractivity contribution in [3.8, 4) is 11.5 Å².